The average Bonchev–Trinajstić information content (AvgIpc) is 2.45. The SMILES string of the molecule is CCc1c(CCl)cnn1CC. The lowest BCUT2D eigenvalue weighted by atomic mass is 10.2. The molecular weight excluding hydrogens is 160 g/mol. The van der Waals surface area contributed by atoms with Crippen LogP contribution in [0.2, 0.25) is 0 Å². The molecule has 1 aromatic heterocycles. The minimum atomic E-state index is 0.573. The molecule has 0 saturated heterocycles. The standard InChI is InChI=1S/C8H13ClN2/c1-3-8-7(5-9)6-10-11(8)4-2/h6H,3-5H2,1-2H3. The zero-order valence-corrected chi connectivity index (χ0v) is 7.73. The van der Waals surface area contributed by atoms with Crippen molar-refractivity contribution in [3.8, 4) is 0 Å². The summed E-state index contributed by atoms with van der Waals surface area (Å²) in [6.07, 6.45) is 2.87. The Morgan fingerprint density at radius 1 is 1.55 bits per heavy atom. The van der Waals surface area contributed by atoms with Crippen LogP contribution in [0.3, 0.4) is 0 Å². The lowest BCUT2D eigenvalue weighted by Crippen LogP contribution is -2.02. The van der Waals surface area contributed by atoms with Crippen molar-refractivity contribution in [3.05, 3.63) is 17.5 Å². The molecular formula is C8H13ClN2. The van der Waals surface area contributed by atoms with E-state index in [-0.39, 0.29) is 0 Å². The van der Waals surface area contributed by atoms with E-state index in [4.69, 9.17) is 11.6 Å². The fraction of sp³-hybridized carbons (Fsp3) is 0.625. The second-order valence-electron chi connectivity index (χ2n) is 2.42. The second-order valence-corrected chi connectivity index (χ2v) is 2.69. The van der Waals surface area contributed by atoms with Crippen molar-refractivity contribution in [2.24, 2.45) is 0 Å². The van der Waals surface area contributed by atoms with Gasteiger partial charge in [-0.1, -0.05) is 6.92 Å². The summed E-state index contributed by atoms with van der Waals surface area (Å²) in [7, 11) is 0. The molecule has 0 fully saturated rings. The summed E-state index contributed by atoms with van der Waals surface area (Å²) in [5.41, 5.74) is 2.43. The fourth-order valence-electron chi connectivity index (χ4n) is 1.24. The molecule has 1 aromatic rings. The smallest absolute Gasteiger partial charge is 0.0536 e. The largest absolute Gasteiger partial charge is 0.270 e. The molecule has 0 radical (unpaired) electrons. The molecule has 0 N–H and O–H groups in total. The third-order valence-electron chi connectivity index (χ3n) is 1.81. The lowest BCUT2D eigenvalue weighted by Gasteiger charge is -2.02. The summed E-state index contributed by atoms with van der Waals surface area (Å²) < 4.78 is 2.00. The number of alkyl halides is 1. The van der Waals surface area contributed by atoms with Crippen molar-refractivity contribution < 1.29 is 0 Å². The number of aromatic nitrogens is 2. The van der Waals surface area contributed by atoms with E-state index in [9.17, 15) is 0 Å². The first-order valence-electron chi connectivity index (χ1n) is 3.93. The predicted octanol–water partition coefficient (Wildman–Crippen LogP) is 2.20. The molecule has 0 aliphatic rings. The van der Waals surface area contributed by atoms with Crippen LogP contribution >= 0.6 is 11.6 Å². The first kappa shape index (κ1) is 8.60. The van der Waals surface area contributed by atoms with Crippen molar-refractivity contribution in [3.63, 3.8) is 0 Å². The van der Waals surface area contributed by atoms with Gasteiger partial charge in [0.1, 0.15) is 0 Å². The number of halogens is 1. The number of nitrogens with zero attached hydrogens (tertiary/aromatic N) is 2. The summed E-state index contributed by atoms with van der Waals surface area (Å²) in [6, 6.07) is 0. The van der Waals surface area contributed by atoms with E-state index in [1.807, 2.05) is 10.9 Å². The highest BCUT2D eigenvalue weighted by Gasteiger charge is 2.05. The predicted molar refractivity (Wildman–Crippen MR) is 46.8 cm³/mol. The molecule has 0 bridgehead atoms. The maximum Gasteiger partial charge on any atom is 0.0536 e. The number of hydrogen-bond acceptors (Lipinski definition) is 1. The number of rotatable bonds is 3. The lowest BCUT2D eigenvalue weighted by molar-refractivity contribution is 0.625. The van der Waals surface area contributed by atoms with Crippen LogP contribution in [0.15, 0.2) is 6.20 Å². The Balaban J connectivity index is 2.99. The van der Waals surface area contributed by atoms with Crippen LogP contribution in [0.1, 0.15) is 25.1 Å². The van der Waals surface area contributed by atoms with Crippen molar-refractivity contribution in [1.29, 1.82) is 0 Å². The molecule has 0 saturated carbocycles. The van der Waals surface area contributed by atoms with Gasteiger partial charge in [0, 0.05) is 17.8 Å². The minimum absolute atomic E-state index is 0.573. The summed E-state index contributed by atoms with van der Waals surface area (Å²) >= 11 is 5.73. The fourth-order valence-corrected chi connectivity index (χ4v) is 1.47. The normalized spacial score (nSPS) is 10.5. The van der Waals surface area contributed by atoms with Gasteiger partial charge in [0.05, 0.1) is 12.1 Å². The summed E-state index contributed by atoms with van der Waals surface area (Å²) in [4.78, 5) is 0. The van der Waals surface area contributed by atoms with Gasteiger partial charge in [-0.2, -0.15) is 5.10 Å². The van der Waals surface area contributed by atoms with E-state index in [2.05, 4.69) is 18.9 Å². The monoisotopic (exact) mass is 172 g/mol. The molecule has 0 spiro atoms. The Kier molecular flexibility index (Phi) is 2.94. The van der Waals surface area contributed by atoms with Gasteiger partial charge in [-0.3, -0.25) is 4.68 Å². The summed E-state index contributed by atoms with van der Waals surface area (Å²) in [5, 5.41) is 4.21. The van der Waals surface area contributed by atoms with Gasteiger partial charge in [-0.25, -0.2) is 0 Å². The van der Waals surface area contributed by atoms with Crippen LogP contribution in [-0.4, -0.2) is 9.78 Å². The van der Waals surface area contributed by atoms with Crippen LogP contribution in [0.4, 0.5) is 0 Å². The Hall–Kier alpha value is -0.500. The number of aryl methyl sites for hydroxylation is 1. The molecule has 11 heavy (non-hydrogen) atoms. The van der Waals surface area contributed by atoms with Crippen LogP contribution in [0.25, 0.3) is 0 Å². The zero-order valence-electron chi connectivity index (χ0n) is 6.97. The van der Waals surface area contributed by atoms with Crippen LogP contribution in [0, 0.1) is 0 Å². The van der Waals surface area contributed by atoms with E-state index in [1.165, 1.54) is 5.69 Å². The maximum absolute atomic E-state index is 5.73. The molecule has 62 valence electrons. The average molecular weight is 173 g/mol. The highest BCUT2D eigenvalue weighted by molar-refractivity contribution is 6.17. The van der Waals surface area contributed by atoms with Crippen molar-refractivity contribution in [2.75, 3.05) is 0 Å². The Morgan fingerprint density at radius 2 is 2.27 bits per heavy atom. The maximum atomic E-state index is 5.73. The van der Waals surface area contributed by atoms with Crippen molar-refractivity contribution in [2.45, 2.75) is 32.7 Å². The molecule has 3 heteroatoms. The Labute approximate surface area is 72.2 Å². The van der Waals surface area contributed by atoms with Gasteiger partial charge in [-0.15, -0.1) is 11.6 Å². The summed E-state index contributed by atoms with van der Waals surface area (Å²) in [6.45, 7) is 5.14. The van der Waals surface area contributed by atoms with Crippen LogP contribution < -0.4 is 0 Å². The molecule has 1 heterocycles. The molecule has 1 rings (SSSR count). The third kappa shape index (κ3) is 1.56. The molecule has 0 atom stereocenters. The van der Waals surface area contributed by atoms with Gasteiger partial charge in [-0.05, 0) is 13.3 Å². The van der Waals surface area contributed by atoms with E-state index in [0.717, 1.165) is 18.5 Å². The summed E-state index contributed by atoms with van der Waals surface area (Å²) in [5.74, 6) is 0.573. The topological polar surface area (TPSA) is 17.8 Å². The molecule has 0 amide bonds. The Bertz CT molecular complexity index is 208. The van der Waals surface area contributed by atoms with Gasteiger partial charge in [0.25, 0.3) is 0 Å². The second kappa shape index (κ2) is 3.77. The van der Waals surface area contributed by atoms with Gasteiger partial charge < -0.3 is 0 Å². The highest BCUT2D eigenvalue weighted by atomic mass is 35.5. The quantitative estimate of drug-likeness (QED) is 0.640. The van der Waals surface area contributed by atoms with Gasteiger partial charge in [0.2, 0.25) is 0 Å². The number of hydrogen-bond donors (Lipinski definition) is 0. The molecule has 0 aromatic carbocycles. The molecule has 0 aliphatic carbocycles. The highest BCUT2D eigenvalue weighted by Crippen LogP contribution is 2.11. The van der Waals surface area contributed by atoms with E-state index < -0.39 is 0 Å². The van der Waals surface area contributed by atoms with Crippen molar-refractivity contribution in [1.82, 2.24) is 9.78 Å². The van der Waals surface area contributed by atoms with E-state index >= 15 is 0 Å². The molecule has 0 unspecified atom stereocenters. The third-order valence-corrected chi connectivity index (χ3v) is 2.10. The van der Waals surface area contributed by atoms with Crippen molar-refractivity contribution >= 4 is 11.6 Å². The van der Waals surface area contributed by atoms with Crippen LogP contribution in [0.5, 0.6) is 0 Å². The molecule has 2 nitrogen and oxygen atoms in total. The van der Waals surface area contributed by atoms with Gasteiger partial charge in [0.15, 0.2) is 0 Å². The zero-order chi connectivity index (χ0) is 8.27. The van der Waals surface area contributed by atoms with Gasteiger partial charge >= 0.3 is 0 Å². The van der Waals surface area contributed by atoms with E-state index in [0.29, 0.717) is 5.88 Å². The minimum Gasteiger partial charge on any atom is -0.270 e. The Morgan fingerprint density at radius 3 is 2.73 bits per heavy atom. The van der Waals surface area contributed by atoms with E-state index in [1.54, 1.807) is 0 Å². The first-order valence-corrected chi connectivity index (χ1v) is 4.46. The first-order chi connectivity index (χ1) is 5.33. The van der Waals surface area contributed by atoms with Crippen LogP contribution in [-0.2, 0) is 18.8 Å². The molecule has 0 aliphatic heterocycles.